The van der Waals surface area contributed by atoms with Gasteiger partial charge in [0.15, 0.2) is 5.75 Å². The van der Waals surface area contributed by atoms with Crippen molar-refractivity contribution in [3.63, 3.8) is 0 Å². The minimum Gasteiger partial charge on any atom is -0.508 e. The molecular formula is C14H15NO2. The van der Waals surface area contributed by atoms with Gasteiger partial charge >= 0.3 is 0 Å². The lowest BCUT2D eigenvalue weighted by atomic mass is 10.2. The molecule has 0 aliphatic carbocycles. The van der Waals surface area contributed by atoms with Gasteiger partial charge in [-0.05, 0) is 48.4 Å². The zero-order valence-corrected chi connectivity index (χ0v) is 9.68. The fourth-order valence-corrected chi connectivity index (χ4v) is 1.44. The van der Waals surface area contributed by atoms with Gasteiger partial charge in [-0.15, -0.1) is 0 Å². The van der Waals surface area contributed by atoms with E-state index in [2.05, 4.69) is 24.5 Å². The van der Waals surface area contributed by atoms with Crippen molar-refractivity contribution >= 4 is 5.69 Å². The Morgan fingerprint density at radius 3 is 2.24 bits per heavy atom. The molecule has 3 nitrogen and oxygen atoms in total. The normalized spacial score (nSPS) is 9.94. The Kier molecular flexibility index (Phi) is 3.50. The minimum atomic E-state index is 0.227. The summed E-state index contributed by atoms with van der Waals surface area (Å²) in [6.07, 6.45) is 1.03. The monoisotopic (exact) mass is 229 g/mol. The van der Waals surface area contributed by atoms with Gasteiger partial charge in [0.1, 0.15) is 5.75 Å². The first-order valence-corrected chi connectivity index (χ1v) is 5.59. The molecule has 0 radical (unpaired) electrons. The van der Waals surface area contributed by atoms with Crippen molar-refractivity contribution < 1.29 is 9.94 Å². The number of hydrogen-bond donors (Lipinski definition) is 2. The van der Waals surface area contributed by atoms with Crippen LogP contribution in [0.3, 0.4) is 0 Å². The van der Waals surface area contributed by atoms with Crippen LogP contribution in [0.2, 0.25) is 0 Å². The quantitative estimate of drug-likeness (QED) is 0.790. The molecule has 17 heavy (non-hydrogen) atoms. The molecule has 0 aromatic heterocycles. The SMILES string of the molecule is CCc1ccc(NOc2ccc(O)cc2)cc1. The molecule has 0 amide bonds. The second-order valence-corrected chi connectivity index (χ2v) is 3.75. The molecular weight excluding hydrogens is 214 g/mol. The van der Waals surface area contributed by atoms with Crippen LogP contribution in [-0.2, 0) is 6.42 Å². The van der Waals surface area contributed by atoms with Gasteiger partial charge in [-0.2, -0.15) is 0 Å². The Morgan fingerprint density at radius 2 is 1.65 bits per heavy atom. The van der Waals surface area contributed by atoms with Crippen LogP contribution in [0.1, 0.15) is 12.5 Å². The van der Waals surface area contributed by atoms with Gasteiger partial charge in [-0.3, -0.25) is 0 Å². The summed E-state index contributed by atoms with van der Waals surface area (Å²) in [5.74, 6) is 0.881. The summed E-state index contributed by atoms with van der Waals surface area (Å²) in [5.41, 5.74) is 5.04. The summed E-state index contributed by atoms with van der Waals surface area (Å²) in [6, 6.07) is 14.6. The van der Waals surface area contributed by atoms with E-state index in [4.69, 9.17) is 9.94 Å². The first-order valence-electron chi connectivity index (χ1n) is 5.59. The Balaban J connectivity index is 1.95. The molecule has 0 unspecified atom stereocenters. The topological polar surface area (TPSA) is 41.5 Å². The van der Waals surface area contributed by atoms with Crippen LogP contribution in [0.4, 0.5) is 5.69 Å². The summed E-state index contributed by atoms with van der Waals surface area (Å²) in [6.45, 7) is 2.12. The standard InChI is InChI=1S/C14H15NO2/c1-2-11-3-5-12(6-4-11)15-17-14-9-7-13(16)8-10-14/h3-10,15-16H,2H2,1H3. The highest BCUT2D eigenvalue weighted by Gasteiger charge is 1.95. The van der Waals surface area contributed by atoms with Crippen LogP contribution >= 0.6 is 0 Å². The minimum absolute atomic E-state index is 0.227. The molecule has 0 saturated heterocycles. The largest absolute Gasteiger partial charge is 0.508 e. The summed E-state index contributed by atoms with van der Waals surface area (Å²) >= 11 is 0. The third-order valence-corrected chi connectivity index (χ3v) is 2.49. The van der Waals surface area contributed by atoms with E-state index in [9.17, 15) is 0 Å². The van der Waals surface area contributed by atoms with Crippen molar-refractivity contribution in [1.29, 1.82) is 0 Å². The number of benzene rings is 2. The number of phenolic OH excluding ortho intramolecular Hbond substituents is 1. The van der Waals surface area contributed by atoms with Gasteiger partial charge < -0.3 is 9.94 Å². The van der Waals surface area contributed by atoms with E-state index in [1.165, 1.54) is 5.56 Å². The maximum absolute atomic E-state index is 9.12. The highest BCUT2D eigenvalue weighted by atomic mass is 16.6. The van der Waals surface area contributed by atoms with Gasteiger partial charge in [0, 0.05) is 0 Å². The summed E-state index contributed by atoms with van der Waals surface area (Å²) in [7, 11) is 0. The van der Waals surface area contributed by atoms with Crippen LogP contribution in [0.5, 0.6) is 11.5 Å². The van der Waals surface area contributed by atoms with Crippen LogP contribution < -0.4 is 10.3 Å². The van der Waals surface area contributed by atoms with Crippen LogP contribution in [0, 0.1) is 0 Å². The van der Waals surface area contributed by atoms with E-state index in [0.717, 1.165) is 12.1 Å². The molecule has 2 aromatic carbocycles. The molecule has 0 heterocycles. The van der Waals surface area contributed by atoms with E-state index < -0.39 is 0 Å². The van der Waals surface area contributed by atoms with Crippen molar-refractivity contribution in [2.45, 2.75) is 13.3 Å². The van der Waals surface area contributed by atoms with Crippen LogP contribution in [0.15, 0.2) is 48.5 Å². The first kappa shape index (κ1) is 11.3. The van der Waals surface area contributed by atoms with Gasteiger partial charge in [0.05, 0.1) is 5.69 Å². The molecule has 2 rings (SSSR count). The van der Waals surface area contributed by atoms with E-state index in [1.54, 1.807) is 24.3 Å². The summed E-state index contributed by atoms with van der Waals surface area (Å²) in [4.78, 5) is 5.36. The maximum Gasteiger partial charge on any atom is 0.155 e. The van der Waals surface area contributed by atoms with Crippen molar-refractivity contribution in [2.75, 3.05) is 5.48 Å². The van der Waals surface area contributed by atoms with Gasteiger partial charge in [0.2, 0.25) is 0 Å². The second-order valence-electron chi connectivity index (χ2n) is 3.75. The van der Waals surface area contributed by atoms with Crippen LogP contribution in [0.25, 0.3) is 0 Å². The van der Waals surface area contributed by atoms with Crippen molar-refractivity contribution in [2.24, 2.45) is 0 Å². The molecule has 0 aliphatic rings. The first-order chi connectivity index (χ1) is 8.28. The molecule has 88 valence electrons. The maximum atomic E-state index is 9.12. The molecule has 0 aliphatic heterocycles. The number of hydrogen-bond acceptors (Lipinski definition) is 3. The third-order valence-electron chi connectivity index (χ3n) is 2.49. The van der Waals surface area contributed by atoms with E-state index in [0.29, 0.717) is 5.75 Å². The zero-order valence-electron chi connectivity index (χ0n) is 9.68. The summed E-state index contributed by atoms with van der Waals surface area (Å²) in [5, 5.41) is 9.12. The van der Waals surface area contributed by atoms with Gasteiger partial charge in [-0.25, -0.2) is 5.48 Å². The van der Waals surface area contributed by atoms with E-state index in [-0.39, 0.29) is 5.75 Å². The summed E-state index contributed by atoms with van der Waals surface area (Å²) < 4.78 is 0. The van der Waals surface area contributed by atoms with Crippen molar-refractivity contribution in [1.82, 2.24) is 0 Å². The number of rotatable bonds is 4. The molecule has 0 atom stereocenters. The number of aryl methyl sites for hydroxylation is 1. The predicted octanol–water partition coefficient (Wildman–Crippen LogP) is 3.36. The molecule has 0 saturated carbocycles. The fraction of sp³-hybridized carbons (Fsp3) is 0.143. The zero-order chi connectivity index (χ0) is 12.1. The molecule has 2 N–H and O–H groups in total. The smallest absolute Gasteiger partial charge is 0.155 e. The molecule has 0 bridgehead atoms. The van der Waals surface area contributed by atoms with Gasteiger partial charge in [0.25, 0.3) is 0 Å². The number of anilines is 1. The Labute approximate surface area is 101 Å². The third kappa shape index (κ3) is 3.14. The Morgan fingerprint density at radius 1 is 1.00 bits per heavy atom. The van der Waals surface area contributed by atoms with Gasteiger partial charge in [-0.1, -0.05) is 19.1 Å². The predicted molar refractivity (Wildman–Crippen MR) is 68.2 cm³/mol. The second kappa shape index (κ2) is 5.25. The lowest BCUT2D eigenvalue weighted by Crippen LogP contribution is -2.04. The Bertz CT molecular complexity index is 463. The number of nitrogens with one attached hydrogen (secondary N) is 1. The molecule has 2 aromatic rings. The van der Waals surface area contributed by atoms with Crippen LogP contribution in [-0.4, -0.2) is 5.11 Å². The highest BCUT2D eigenvalue weighted by molar-refractivity contribution is 5.43. The lowest BCUT2D eigenvalue weighted by molar-refractivity contribution is 0.403. The fourth-order valence-electron chi connectivity index (χ4n) is 1.44. The lowest BCUT2D eigenvalue weighted by Gasteiger charge is -2.08. The average molecular weight is 229 g/mol. The van der Waals surface area contributed by atoms with E-state index in [1.807, 2.05) is 12.1 Å². The molecule has 0 spiro atoms. The Hall–Kier alpha value is -2.16. The molecule has 3 heteroatoms. The average Bonchev–Trinajstić information content (AvgIpc) is 2.39. The molecule has 0 fully saturated rings. The van der Waals surface area contributed by atoms with E-state index >= 15 is 0 Å². The number of phenols is 1. The van der Waals surface area contributed by atoms with Crippen molar-refractivity contribution in [3.05, 3.63) is 54.1 Å². The number of aromatic hydroxyl groups is 1. The highest BCUT2D eigenvalue weighted by Crippen LogP contribution is 2.17. The van der Waals surface area contributed by atoms with Crippen molar-refractivity contribution in [3.8, 4) is 11.5 Å².